The predicted octanol–water partition coefficient (Wildman–Crippen LogP) is 0.564. The molecule has 1 atom stereocenters. The molecule has 1 unspecified atom stereocenters. The second-order valence-corrected chi connectivity index (χ2v) is 4.05. The van der Waals surface area contributed by atoms with Gasteiger partial charge >= 0.3 is 5.97 Å². The monoisotopic (exact) mass is 283 g/mol. The van der Waals surface area contributed by atoms with E-state index >= 15 is 0 Å². The van der Waals surface area contributed by atoms with Crippen LogP contribution in [0.4, 0.5) is 0 Å². The van der Waals surface area contributed by atoms with E-state index < -0.39 is 12.0 Å². The molecular weight excluding hydrogens is 266 g/mol. The number of methoxy groups -OCH3 is 3. The highest BCUT2D eigenvalue weighted by molar-refractivity contribution is 5.79. The molecule has 0 spiro atoms. The summed E-state index contributed by atoms with van der Waals surface area (Å²) < 4.78 is 25.9. The summed E-state index contributed by atoms with van der Waals surface area (Å²) >= 11 is 0. The van der Waals surface area contributed by atoms with Gasteiger partial charge in [-0.2, -0.15) is 0 Å². The Balaban J connectivity index is 2.21. The van der Waals surface area contributed by atoms with E-state index in [9.17, 15) is 4.79 Å². The highest BCUT2D eigenvalue weighted by Crippen LogP contribution is 2.40. The summed E-state index contributed by atoms with van der Waals surface area (Å²) in [5.74, 6) is 1.18. The van der Waals surface area contributed by atoms with Crippen LogP contribution in [0.2, 0.25) is 0 Å². The van der Waals surface area contributed by atoms with E-state index in [0.717, 1.165) is 0 Å². The van der Waals surface area contributed by atoms with Crippen LogP contribution in [0.3, 0.4) is 0 Å². The highest BCUT2D eigenvalue weighted by Gasteiger charge is 2.25. The van der Waals surface area contributed by atoms with E-state index in [0.29, 0.717) is 36.3 Å². The fraction of sp³-hybridized carbons (Fsp3) is 0.462. The van der Waals surface area contributed by atoms with E-state index in [1.54, 1.807) is 12.1 Å². The number of nitrogens with one attached hydrogen (secondary N) is 1. The van der Waals surface area contributed by atoms with Crippen LogP contribution in [0.5, 0.6) is 23.0 Å². The first-order valence-electron chi connectivity index (χ1n) is 6.02. The zero-order valence-corrected chi connectivity index (χ0v) is 11.6. The fourth-order valence-electron chi connectivity index (χ4n) is 1.85. The van der Waals surface area contributed by atoms with Gasteiger partial charge in [-0.3, -0.25) is 5.32 Å². The molecular formula is C13H17NO6. The third-order valence-corrected chi connectivity index (χ3v) is 2.86. The molecule has 1 aliphatic rings. The number of esters is 1. The molecule has 7 nitrogen and oxygen atoms in total. The number of ether oxygens (including phenoxy) is 5. The first-order valence-corrected chi connectivity index (χ1v) is 6.02. The smallest absolute Gasteiger partial charge is 0.331 e. The van der Waals surface area contributed by atoms with Gasteiger partial charge in [0.15, 0.2) is 11.5 Å². The molecule has 1 saturated heterocycles. The number of carbonyl (C=O) groups is 1. The molecule has 0 saturated carbocycles. The Morgan fingerprint density at radius 3 is 2.30 bits per heavy atom. The Hall–Kier alpha value is -1.99. The van der Waals surface area contributed by atoms with Gasteiger partial charge in [-0.1, -0.05) is 0 Å². The van der Waals surface area contributed by atoms with Gasteiger partial charge in [0.2, 0.25) is 5.75 Å². The summed E-state index contributed by atoms with van der Waals surface area (Å²) in [5, 5.41) is 2.87. The summed E-state index contributed by atoms with van der Waals surface area (Å²) in [4.78, 5) is 11.9. The van der Waals surface area contributed by atoms with Gasteiger partial charge in [-0.25, -0.2) is 4.79 Å². The van der Waals surface area contributed by atoms with Gasteiger partial charge in [0.25, 0.3) is 0 Å². The number of hydrogen-bond acceptors (Lipinski definition) is 7. The molecule has 2 rings (SSSR count). The lowest BCUT2D eigenvalue weighted by Gasteiger charge is -2.15. The van der Waals surface area contributed by atoms with Crippen molar-refractivity contribution in [2.24, 2.45) is 0 Å². The topological polar surface area (TPSA) is 75.3 Å². The minimum Gasteiger partial charge on any atom is -0.493 e. The van der Waals surface area contributed by atoms with Crippen molar-refractivity contribution in [1.29, 1.82) is 0 Å². The summed E-state index contributed by atoms with van der Waals surface area (Å²) in [5.41, 5.74) is 0. The van der Waals surface area contributed by atoms with Crippen molar-refractivity contribution in [3.8, 4) is 23.0 Å². The van der Waals surface area contributed by atoms with Crippen LogP contribution >= 0.6 is 0 Å². The van der Waals surface area contributed by atoms with Gasteiger partial charge < -0.3 is 23.7 Å². The molecule has 1 aliphatic heterocycles. The number of rotatable bonds is 5. The quantitative estimate of drug-likeness (QED) is 0.625. The minimum absolute atomic E-state index is 0.295. The lowest BCUT2D eigenvalue weighted by molar-refractivity contribution is -0.136. The standard InChI is InChI=1S/C13H17NO6/c1-16-10-4-8(5-11(17-2)12(10)18-3)20-13(15)9-6-19-7-14-9/h4-5,9,14H,6-7H2,1-3H3. The van der Waals surface area contributed by atoms with Crippen molar-refractivity contribution >= 4 is 5.97 Å². The summed E-state index contributed by atoms with van der Waals surface area (Å²) in [6.07, 6.45) is 0. The first kappa shape index (κ1) is 14.4. The van der Waals surface area contributed by atoms with E-state index in [4.69, 9.17) is 23.7 Å². The van der Waals surface area contributed by atoms with Gasteiger partial charge in [0, 0.05) is 12.1 Å². The van der Waals surface area contributed by atoms with Crippen LogP contribution in [0.1, 0.15) is 0 Å². The minimum atomic E-state index is -0.464. The van der Waals surface area contributed by atoms with E-state index in [-0.39, 0.29) is 0 Å². The number of carbonyl (C=O) groups excluding carboxylic acids is 1. The van der Waals surface area contributed by atoms with Crippen LogP contribution < -0.4 is 24.3 Å². The summed E-state index contributed by atoms with van der Waals surface area (Å²) in [6.45, 7) is 0.637. The Kier molecular flexibility index (Phi) is 4.65. The maximum atomic E-state index is 11.9. The lowest BCUT2D eigenvalue weighted by atomic mass is 10.2. The molecule has 0 radical (unpaired) electrons. The SMILES string of the molecule is COc1cc(OC(=O)C2COCN2)cc(OC)c1OC. The van der Waals surface area contributed by atoms with Crippen molar-refractivity contribution < 1.29 is 28.5 Å². The van der Waals surface area contributed by atoms with E-state index in [1.165, 1.54) is 21.3 Å². The van der Waals surface area contributed by atoms with Crippen molar-refractivity contribution in [1.82, 2.24) is 5.32 Å². The zero-order valence-electron chi connectivity index (χ0n) is 11.6. The Labute approximate surface area is 116 Å². The molecule has 1 N–H and O–H groups in total. The van der Waals surface area contributed by atoms with Crippen molar-refractivity contribution in [3.05, 3.63) is 12.1 Å². The molecule has 0 aromatic heterocycles. The molecule has 1 aromatic rings. The molecule has 1 aromatic carbocycles. The van der Waals surface area contributed by atoms with E-state index in [2.05, 4.69) is 5.32 Å². The second-order valence-electron chi connectivity index (χ2n) is 4.05. The number of hydrogen-bond donors (Lipinski definition) is 1. The molecule has 110 valence electrons. The van der Waals surface area contributed by atoms with Crippen molar-refractivity contribution in [2.75, 3.05) is 34.7 Å². The van der Waals surface area contributed by atoms with Crippen LogP contribution in [0.25, 0.3) is 0 Å². The highest BCUT2D eigenvalue weighted by atomic mass is 16.6. The third-order valence-electron chi connectivity index (χ3n) is 2.86. The maximum Gasteiger partial charge on any atom is 0.331 e. The third kappa shape index (κ3) is 2.94. The van der Waals surface area contributed by atoms with Crippen LogP contribution in [-0.4, -0.2) is 46.7 Å². The molecule has 7 heteroatoms. The van der Waals surface area contributed by atoms with Crippen LogP contribution in [0.15, 0.2) is 12.1 Å². The summed E-state index contributed by atoms with van der Waals surface area (Å²) in [7, 11) is 4.50. The Bertz CT molecular complexity index is 459. The molecule has 0 bridgehead atoms. The predicted molar refractivity (Wildman–Crippen MR) is 69.5 cm³/mol. The largest absolute Gasteiger partial charge is 0.493 e. The van der Waals surface area contributed by atoms with Crippen molar-refractivity contribution in [2.45, 2.75) is 6.04 Å². The Morgan fingerprint density at radius 2 is 1.85 bits per heavy atom. The second kappa shape index (κ2) is 6.44. The van der Waals surface area contributed by atoms with Gasteiger partial charge in [-0.15, -0.1) is 0 Å². The molecule has 1 heterocycles. The molecule has 1 fully saturated rings. The molecule has 20 heavy (non-hydrogen) atoms. The molecule has 0 aliphatic carbocycles. The van der Waals surface area contributed by atoms with Gasteiger partial charge in [0.1, 0.15) is 11.8 Å². The average Bonchev–Trinajstić information content (AvgIpc) is 3.00. The first-order chi connectivity index (χ1) is 9.69. The van der Waals surface area contributed by atoms with Gasteiger partial charge in [0.05, 0.1) is 34.7 Å². The van der Waals surface area contributed by atoms with Crippen LogP contribution in [-0.2, 0) is 9.53 Å². The number of benzene rings is 1. The van der Waals surface area contributed by atoms with Crippen LogP contribution in [0, 0.1) is 0 Å². The zero-order chi connectivity index (χ0) is 14.5. The average molecular weight is 283 g/mol. The molecule has 0 amide bonds. The lowest BCUT2D eigenvalue weighted by Crippen LogP contribution is -2.36. The van der Waals surface area contributed by atoms with Crippen molar-refractivity contribution in [3.63, 3.8) is 0 Å². The summed E-state index contributed by atoms with van der Waals surface area (Å²) in [6, 6.07) is 2.67. The van der Waals surface area contributed by atoms with E-state index in [1.807, 2.05) is 0 Å². The van der Waals surface area contributed by atoms with Gasteiger partial charge in [-0.05, 0) is 0 Å². The maximum absolute atomic E-state index is 11.9. The normalized spacial score (nSPS) is 17.6. The Morgan fingerprint density at radius 1 is 1.20 bits per heavy atom. The fourth-order valence-corrected chi connectivity index (χ4v) is 1.85.